The number of methoxy groups -OCH3 is 1. The fourth-order valence-electron chi connectivity index (χ4n) is 1.90. The average Bonchev–Trinajstić information content (AvgIpc) is 2.39. The number of quaternary nitrogens is 1. The Morgan fingerprint density at radius 2 is 2.00 bits per heavy atom. The molecule has 0 aliphatic rings. The SMILES string of the molecule is CC[NH+](CC)CCC(=O)c1ccc(OC)c(O)c1. The van der Waals surface area contributed by atoms with Crippen LogP contribution in [0, 0.1) is 0 Å². The Labute approximate surface area is 108 Å². The van der Waals surface area contributed by atoms with Crippen molar-refractivity contribution in [1.82, 2.24) is 0 Å². The third-order valence-corrected chi connectivity index (χ3v) is 3.21. The number of hydrogen-bond donors (Lipinski definition) is 2. The molecule has 0 bridgehead atoms. The van der Waals surface area contributed by atoms with Gasteiger partial charge in [0, 0.05) is 5.56 Å². The van der Waals surface area contributed by atoms with Gasteiger partial charge in [0.15, 0.2) is 17.3 Å². The molecule has 0 saturated heterocycles. The van der Waals surface area contributed by atoms with E-state index in [0.717, 1.165) is 19.6 Å². The van der Waals surface area contributed by atoms with Crippen molar-refractivity contribution >= 4 is 5.78 Å². The van der Waals surface area contributed by atoms with Gasteiger partial charge in [-0.05, 0) is 32.0 Å². The quantitative estimate of drug-likeness (QED) is 0.709. The van der Waals surface area contributed by atoms with Crippen LogP contribution in [-0.2, 0) is 0 Å². The summed E-state index contributed by atoms with van der Waals surface area (Å²) in [7, 11) is 1.49. The van der Waals surface area contributed by atoms with Gasteiger partial charge in [0.05, 0.1) is 33.2 Å². The standard InChI is InChI=1S/C14H21NO3/c1-4-15(5-2)9-8-12(16)11-6-7-14(18-3)13(17)10-11/h6-7,10,17H,4-5,8-9H2,1-3H3/p+1. The molecule has 0 atom stereocenters. The Kier molecular flexibility index (Phi) is 5.65. The second kappa shape index (κ2) is 7.01. The van der Waals surface area contributed by atoms with Crippen LogP contribution in [0.25, 0.3) is 0 Å². The van der Waals surface area contributed by atoms with Gasteiger partial charge >= 0.3 is 0 Å². The highest BCUT2D eigenvalue weighted by molar-refractivity contribution is 5.96. The second-order valence-corrected chi connectivity index (χ2v) is 4.27. The highest BCUT2D eigenvalue weighted by Crippen LogP contribution is 2.26. The number of aromatic hydroxyl groups is 1. The smallest absolute Gasteiger partial charge is 0.168 e. The Morgan fingerprint density at radius 3 is 2.50 bits per heavy atom. The lowest BCUT2D eigenvalue weighted by Gasteiger charge is -2.14. The van der Waals surface area contributed by atoms with Gasteiger partial charge in [-0.3, -0.25) is 4.79 Å². The highest BCUT2D eigenvalue weighted by atomic mass is 16.5. The van der Waals surface area contributed by atoms with Crippen molar-refractivity contribution in [1.29, 1.82) is 0 Å². The first-order valence-electron chi connectivity index (χ1n) is 6.36. The zero-order valence-electron chi connectivity index (χ0n) is 11.3. The maximum Gasteiger partial charge on any atom is 0.168 e. The summed E-state index contributed by atoms with van der Waals surface area (Å²) in [6.45, 7) is 7.11. The number of hydrogen-bond acceptors (Lipinski definition) is 3. The highest BCUT2D eigenvalue weighted by Gasteiger charge is 2.12. The van der Waals surface area contributed by atoms with Crippen LogP contribution < -0.4 is 9.64 Å². The monoisotopic (exact) mass is 252 g/mol. The number of phenols is 1. The maximum atomic E-state index is 12.0. The summed E-state index contributed by atoms with van der Waals surface area (Å²) in [5.41, 5.74) is 0.542. The zero-order chi connectivity index (χ0) is 13.5. The van der Waals surface area contributed by atoms with E-state index in [1.54, 1.807) is 12.1 Å². The van der Waals surface area contributed by atoms with E-state index in [-0.39, 0.29) is 11.5 Å². The first-order chi connectivity index (χ1) is 8.62. The Morgan fingerprint density at radius 1 is 1.33 bits per heavy atom. The van der Waals surface area contributed by atoms with E-state index in [1.165, 1.54) is 18.1 Å². The lowest BCUT2D eigenvalue weighted by atomic mass is 10.1. The van der Waals surface area contributed by atoms with E-state index in [2.05, 4.69) is 13.8 Å². The van der Waals surface area contributed by atoms with Crippen LogP contribution in [-0.4, -0.2) is 37.6 Å². The number of nitrogens with one attached hydrogen (secondary N) is 1. The molecule has 0 aliphatic carbocycles. The molecule has 100 valence electrons. The van der Waals surface area contributed by atoms with E-state index in [1.807, 2.05) is 0 Å². The molecule has 0 amide bonds. The summed E-state index contributed by atoms with van der Waals surface area (Å²) in [5.74, 6) is 0.465. The number of ether oxygens (including phenoxy) is 1. The first kappa shape index (κ1) is 14.5. The topological polar surface area (TPSA) is 51.0 Å². The maximum absolute atomic E-state index is 12.0. The Bertz CT molecular complexity index is 400. The van der Waals surface area contributed by atoms with E-state index >= 15 is 0 Å². The predicted octanol–water partition coefficient (Wildman–Crippen LogP) is 0.898. The fourth-order valence-corrected chi connectivity index (χ4v) is 1.90. The fraction of sp³-hybridized carbons (Fsp3) is 0.500. The molecule has 4 heteroatoms. The molecular formula is C14H22NO3+. The van der Waals surface area contributed by atoms with Crippen molar-refractivity contribution in [2.75, 3.05) is 26.7 Å². The van der Waals surface area contributed by atoms with Gasteiger partial charge in [-0.25, -0.2) is 0 Å². The van der Waals surface area contributed by atoms with Crippen LogP contribution in [0.2, 0.25) is 0 Å². The normalized spacial score (nSPS) is 10.7. The summed E-state index contributed by atoms with van der Waals surface area (Å²) in [6, 6.07) is 4.78. The summed E-state index contributed by atoms with van der Waals surface area (Å²) >= 11 is 0. The van der Waals surface area contributed by atoms with E-state index in [9.17, 15) is 9.90 Å². The van der Waals surface area contributed by atoms with Crippen LogP contribution in [0.4, 0.5) is 0 Å². The van der Waals surface area contributed by atoms with Crippen molar-refractivity contribution in [3.63, 3.8) is 0 Å². The van der Waals surface area contributed by atoms with E-state index in [4.69, 9.17) is 4.74 Å². The molecule has 1 aromatic carbocycles. The van der Waals surface area contributed by atoms with Gasteiger partial charge in [0.2, 0.25) is 0 Å². The number of carbonyl (C=O) groups excluding carboxylic acids is 1. The molecule has 18 heavy (non-hydrogen) atoms. The molecule has 4 nitrogen and oxygen atoms in total. The minimum absolute atomic E-state index is 0.0125. The third-order valence-electron chi connectivity index (χ3n) is 3.21. The molecular weight excluding hydrogens is 230 g/mol. The van der Waals surface area contributed by atoms with Gasteiger partial charge in [0.25, 0.3) is 0 Å². The number of benzene rings is 1. The lowest BCUT2D eigenvalue weighted by Crippen LogP contribution is -3.11. The molecule has 0 unspecified atom stereocenters. The van der Waals surface area contributed by atoms with Gasteiger partial charge in [-0.1, -0.05) is 0 Å². The van der Waals surface area contributed by atoms with Crippen molar-refractivity contribution < 1.29 is 19.5 Å². The molecule has 0 fully saturated rings. The summed E-state index contributed by atoms with van der Waals surface area (Å²) < 4.78 is 4.95. The Hall–Kier alpha value is -1.55. The molecule has 1 rings (SSSR count). The van der Waals surface area contributed by atoms with Crippen LogP contribution in [0.15, 0.2) is 18.2 Å². The molecule has 0 spiro atoms. The van der Waals surface area contributed by atoms with Gasteiger partial charge in [0.1, 0.15) is 0 Å². The Balaban J connectivity index is 2.64. The van der Waals surface area contributed by atoms with Crippen LogP contribution in [0.3, 0.4) is 0 Å². The van der Waals surface area contributed by atoms with Crippen molar-refractivity contribution in [3.8, 4) is 11.5 Å². The van der Waals surface area contributed by atoms with E-state index < -0.39 is 0 Å². The second-order valence-electron chi connectivity index (χ2n) is 4.27. The van der Waals surface area contributed by atoms with Crippen LogP contribution in [0.1, 0.15) is 30.6 Å². The molecule has 0 heterocycles. The molecule has 0 radical (unpaired) electrons. The van der Waals surface area contributed by atoms with Crippen molar-refractivity contribution in [2.45, 2.75) is 20.3 Å². The number of rotatable bonds is 7. The lowest BCUT2D eigenvalue weighted by molar-refractivity contribution is -0.895. The predicted molar refractivity (Wildman–Crippen MR) is 70.5 cm³/mol. The minimum atomic E-state index is 0.0125. The molecule has 0 aliphatic heterocycles. The van der Waals surface area contributed by atoms with Crippen molar-refractivity contribution in [3.05, 3.63) is 23.8 Å². The number of carbonyl (C=O) groups is 1. The third kappa shape index (κ3) is 3.74. The van der Waals surface area contributed by atoms with Gasteiger partial charge < -0.3 is 14.7 Å². The zero-order valence-corrected chi connectivity index (χ0v) is 11.3. The molecule has 0 saturated carbocycles. The number of Topliss-reactive ketones (excluding diaryl/α,β-unsaturated/α-hetero) is 1. The average molecular weight is 252 g/mol. The van der Waals surface area contributed by atoms with Crippen LogP contribution in [0.5, 0.6) is 11.5 Å². The van der Waals surface area contributed by atoms with Crippen LogP contribution >= 0.6 is 0 Å². The van der Waals surface area contributed by atoms with Crippen molar-refractivity contribution in [2.24, 2.45) is 0 Å². The molecule has 0 aromatic heterocycles. The largest absolute Gasteiger partial charge is 0.504 e. The summed E-state index contributed by atoms with van der Waals surface area (Å²) in [5, 5.41) is 9.63. The first-order valence-corrected chi connectivity index (χ1v) is 6.36. The number of phenolic OH excluding ortho intramolecular Hbond substituents is 1. The van der Waals surface area contributed by atoms with E-state index in [0.29, 0.717) is 17.7 Å². The van der Waals surface area contributed by atoms with Gasteiger partial charge in [-0.2, -0.15) is 0 Å². The summed E-state index contributed by atoms with van der Waals surface area (Å²) in [6.07, 6.45) is 0.503. The molecule has 2 N–H and O–H groups in total. The summed E-state index contributed by atoms with van der Waals surface area (Å²) in [4.78, 5) is 13.4. The molecule has 1 aromatic rings. The minimum Gasteiger partial charge on any atom is -0.504 e. The number of ketones is 1. The van der Waals surface area contributed by atoms with Gasteiger partial charge in [-0.15, -0.1) is 0 Å².